The maximum atomic E-state index is 5.72. The zero-order valence-corrected chi connectivity index (χ0v) is 21.2. The van der Waals surface area contributed by atoms with E-state index in [1.807, 2.05) is 12.1 Å². The average Bonchev–Trinajstić information content (AvgIpc) is 3.32. The third kappa shape index (κ3) is 8.19. The molecule has 3 rings (SSSR count). The molecule has 0 amide bonds. The number of halogens is 1. The molecule has 0 bridgehead atoms. The second kappa shape index (κ2) is 14.6. The number of nitrogens with one attached hydrogen (secondary N) is 2. The van der Waals surface area contributed by atoms with Gasteiger partial charge in [0, 0.05) is 57.0 Å². The van der Waals surface area contributed by atoms with E-state index in [0.29, 0.717) is 31.7 Å². The number of morpholine rings is 1. The minimum absolute atomic E-state index is 0. The van der Waals surface area contributed by atoms with Crippen LogP contribution < -0.4 is 15.4 Å². The van der Waals surface area contributed by atoms with E-state index in [2.05, 4.69) is 43.0 Å². The van der Waals surface area contributed by atoms with Crippen molar-refractivity contribution in [2.75, 3.05) is 60.2 Å². The van der Waals surface area contributed by atoms with Crippen molar-refractivity contribution in [3.8, 4) is 5.88 Å². The molecule has 2 aromatic rings. The normalized spacial score (nSPS) is 15.7. The van der Waals surface area contributed by atoms with Crippen LogP contribution in [0.15, 0.2) is 40.8 Å². The summed E-state index contributed by atoms with van der Waals surface area (Å²) < 4.78 is 16.3. The first-order chi connectivity index (χ1) is 14.8. The van der Waals surface area contributed by atoms with Crippen LogP contribution in [0.1, 0.15) is 16.5 Å². The van der Waals surface area contributed by atoms with Crippen molar-refractivity contribution >= 4 is 41.3 Å². The highest BCUT2D eigenvalue weighted by molar-refractivity contribution is 14.0. The van der Waals surface area contributed by atoms with Gasteiger partial charge in [0.05, 0.1) is 25.9 Å². The molecule has 1 unspecified atom stereocenters. The van der Waals surface area contributed by atoms with E-state index >= 15 is 0 Å². The van der Waals surface area contributed by atoms with Crippen molar-refractivity contribution in [2.24, 2.45) is 4.99 Å². The number of guanidine groups is 1. The Morgan fingerprint density at radius 1 is 1.26 bits per heavy atom. The molecule has 8 nitrogen and oxygen atoms in total. The van der Waals surface area contributed by atoms with Gasteiger partial charge in [-0.15, -0.1) is 35.3 Å². The van der Waals surface area contributed by atoms with E-state index in [-0.39, 0.29) is 24.0 Å². The molecule has 0 radical (unpaired) electrons. The number of aromatic nitrogens is 1. The van der Waals surface area contributed by atoms with Crippen LogP contribution in [0.3, 0.4) is 0 Å². The van der Waals surface area contributed by atoms with Crippen LogP contribution in [0, 0.1) is 0 Å². The highest BCUT2D eigenvalue weighted by Gasteiger charge is 2.23. The zero-order valence-electron chi connectivity index (χ0n) is 18.1. The number of aliphatic imine (C=N–C) groups is 1. The summed E-state index contributed by atoms with van der Waals surface area (Å²) in [5.74, 6) is 1.36. The van der Waals surface area contributed by atoms with Crippen LogP contribution in [-0.2, 0) is 16.0 Å². The van der Waals surface area contributed by atoms with Crippen molar-refractivity contribution in [2.45, 2.75) is 12.6 Å². The second-order valence-corrected chi connectivity index (χ2v) is 7.77. The number of ether oxygens (including phenoxy) is 3. The number of hydrogen-bond donors (Lipinski definition) is 2. The summed E-state index contributed by atoms with van der Waals surface area (Å²) >= 11 is 1.79. The van der Waals surface area contributed by atoms with Crippen molar-refractivity contribution in [3.05, 3.63) is 46.3 Å². The molecule has 2 N–H and O–H groups in total. The molecule has 31 heavy (non-hydrogen) atoms. The van der Waals surface area contributed by atoms with Crippen LogP contribution in [0.5, 0.6) is 5.88 Å². The Morgan fingerprint density at radius 2 is 2.10 bits per heavy atom. The molecule has 1 saturated heterocycles. The van der Waals surface area contributed by atoms with E-state index in [0.717, 1.165) is 44.4 Å². The molecule has 10 heteroatoms. The molecule has 3 heterocycles. The van der Waals surface area contributed by atoms with Crippen molar-refractivity contribution in [1.29, 1.82) is 0 Å². The summed E-state index contributed by atoms with van der Waals surface area (Å²) in [5, 5.41) is 8.98. The summed E-state index contributed by atoms with van der Waals surface area (Å²) in [6, 6.07) is 8.49. The number of rotatable bonds is 10. The minimum Gasteiger partial charge on any atom is -0.475 e. The molecule has 1 aliphatic heterocycles. The lowest BCUT2D eigenvalue weighted by Gasteiger charge is -2.34. The second-order valence-electron chi connectivity index (χ2n) is 6.80. The molecule has 1 atom stereocenters. The van der Waals surface area contributed by atoms with Gasteiger partial charge in [0.25, 0.3) is 0 Å². The maximum absolute atomic E-state index is 5.72. The minimum atomic E-state index is 0. The van der Waals surface area contributed by atoms with Gasteiger partial charge in [-0.25, -0.2) is 4.98 Å². The number of methoxy groups -OCH3 is 1. The molecule has 1 fully saturated rings. The van der Waals surface area contributed by atoms with Crippen LogP contribution in [0.4, 0.5) is 0 Å². The number of nitrogens with zero attached hydrogens (tertiary/aromatic N) is 3. The quantitative estimate of drug-likeness (QED) is 0.200. The van der Waals surface area contributed by atoms with Gasteiger partial charge in [-0.3, -0.25) is 9.89 Å². The molecule has 0 spiro atoms. The smallest absolute Gasteiger partial charge is 0.218 e. The third-order valence-corrected chi connectivity index (χ3v) is 5.84. The lowest BCUT2D eigenvalue weighted by Crippen LogP contribution is -2.46. The molecule has 0 aliphatic carbocycles. The Morgan fingerprint density at radius 3 is 2.81 bits per heavy atom. The molecular weight excluding hydrogens is 529 g/mol. The fourth-order valence-electron chi connectivity index (χ4n) is 3.28. The Bertz CT molecular complexity index is 772. The van der Waals surface area contributed by atoms with E-state index in [1.54, 1.807) is 31.7 Å². The Kier molecular flexibility index (Phi) is 12.1. The fraction of sp³-hybridized carbons (Fsp3) is 0.524. The fourth-order valence-corrected chi connectivity index (χ4v) is 4.14. The van der Waals surface area contributed by atoms with Crippen molar-refractivity contribution in [1.82, 2.24) is 20.5 Å². The molecular formula is C21H32IN5O3S. The number of thiophene rings is 1. The Balaban J connectivity index is 0.00000341. The first-order valence-electron chi connectivity index (χ1n) is 10.2. The van der Waals surface area contributed by atoms with E-state index < -0.39 is 0 Å². The predicted octanol–water partition coefficient (Wildman–Crippen LogP) is 2.52. The van der Waals surface area contributed by atoms with Gasteiger partial charge in [0.1, 0.15) is 6.61 Å². The Hall–Kier alpha value is -1.47. The third-order valence-electron chi connectivity index (χ3n) is 4.87. The maximum Gasteiger partial charge on any atom is 0.218 e. The molecule has 0 aromatic carbocycles. The summed E-state index contributed by atoms with van der Waals surface area (Å²) in [4.78, 5) is 12.5. The van der Waals surface area contributed by atoms with Gasteiger partial charge in [-0.2, -0.15) is 0 Å². The van der Waals surface area contributed by atoms with E-state index in [1.165, 1.54) is 4.88 Å². The van der Waals surface area contributed by atoms with Crippen molar-refractivity contribution < 1.29 is 14.2 Å². The summed E-state index contributed by atoms with van der Waals surface area (Å²) in [6.07, 6.45) is 1.73. The van der Waals surface area contributed by atoms with Gasteiger partial charge in [0.15, 0.2) is 5.96 Å². The summed E-state index contributed by atoms with van der Waals surface area (Å²) in [6.45, 7) is 5.76. The van der Waals surface area contributed by atoms with Crippen molar-refractivity contribution in [3.63, 3.8) is 0 Å². The van der Waals surface area contributed by atoms with Gasteiger partial charge < -0.3 is 24.8 Å². The Labute approximate surface area is 205 Å². The largest absolute Gasteiger partial charge is 0.475 e. The number of hydrogen-bond acceptors (Lipinski definition) is 7. The average molecular weight is 561 g/mol. The SMILES string of the molecule is CN=C(NCc1cccnc1OCCOC)NCC(c1cccs1)N1CCOCC1.I. The highest BCUT2D eigenvalue weighted by atomic mass is 127. The topological polar surface area (TPSA) is 80.2 Å². The lowest BCUT2D eigenvalue weighted by molar-refractivity contribution is 0.0177. The standard InChI is InChI=1S/C21H31N5O3S.HI/c1-22-21(24-15-17-5-3-7-23-20(17)29-13-12-27-2)25-16-18(19-6-4-14-30-19)26-8-10-28-11-9-26;/h3-7,14,18H,8-13,15-16H2,1-2H3,(H2,22,24,25);1H. The molecule has 172 valence electrons. The molecule has 0 saturated carbocycles. The van der Waals surface area contributed by atoms with Gasteiger partial charge in [-0.05, 0) is 17.5 Å². The van der Waals surface area contributed by atoms with Gasteiger partial charge in [-0.1, -0.05) is 12.1 Å². The van der Waals surface area contributed by atoms with Crippen LogP contribution in [0.2, 0.25) is 0 Å². The van der Waals surface area contributed by atoms with Crippen LogP contribution in [-0.4, -0.2) is 76.1 Å². The molecule has 1 aliphatic rings. The van der Waals surface area contributed by atoms with Crippen LogP contribution in [0.25, 0.3) is 0 Å². The summed E-state index contributed by atoms with van der Waals surface area (Å²) in [7, 11) is 3.43. The van der Waals surface area contributed by atoms with E-state index in [4.69, 9.17) is 14.2 Å². The zero-order chi connectivity index (χ0) is 21.0. The van der Waals surface area contributed by atoms with Crippen LogP contribution >= 0.6 is 35.3 Å². The van der Waals surface area contributed by atoms with Gasteiger partial charge >= 0.3 is 0 Å². The number of pyridine rings is 1. The van der Waals surface area contributed by atoms with E-state index in [9.17, 15) is 0 Å². The summed E-state index contributed by atoms with van der Waals surface area (Å²) in [5.41, 5.74) is 0.972. The lowest BCUT2D eigenvalue weighted by atomic mass is 10.2. The first kappa shape index (κ1) is 25.8. The van der Waals surface area contributed by atoms with Gasteiger partial charge in [0.2, 0.25) is 5.88 Å². The predicted molar refractivity (Wildman–Crippen MR) is 135 cm³/mol. The molecule has 2 aromatic heterocycles. The monoisotopic (exact) mass is 561 g/mol. The highest BCUT2D eigenvalue weighted by Crippen LogP contribution is 2.25. The first-order valence-corrected chi connectivity index (χ1v) is 11.0.